The minimum absolute atomic E-state index is 0.0684. The summed E-state index contributed by atoms with van der Waals surface area (Å²) in [5.41, 5.74) is 0.989. The van der Waals surface area contributed by atoms with Gasteiger partial charge in [0, 0.05) is 32.7 Å². The minimum atomic E-state index is -0.332. The number of ether oxygens (including phenoxy) is 3. The van der Waals surface area contributed by atoms with Crippen LogP contribution in [0.4, 0.5) is 4.79 Å². The molecule has 0 aliphatic carbocycles. The first-order chi connectivity index (χ1) is 14.0. The zero-order chi connectivity index (χ0) is 21.1. The molecule has 1 fully saturated rings. The molecular formula is C20H31N3O5S. The molecule has 3 atom stereocenters. The van der Waals surface area contributed by atoms with Crippen molar-refractivity contribution >= 4 is 23.7 Å². The fourth-order valence-electron chi connectivity index (χ4n) is 2.77. The molecule has 1 heterocycles. The lowest BCUT2D eigenvalue weighted by molar-refractivity contribution is -0.121. The van der Waals surface area contributed by atoms with Gasteiger partial charge in [-0.05, 0) is 24.1 Å². The van der Waals surface area contributed by atoms with Crippen LogP contribution < -0.4 is 20.7 Å². The normalized spacial score (nSPS) is 19.8. The molecule has 29 heavy (non-hydrogen) atoms. The maximum Gasteiger partial charge on any atom is 0.315 e. The smallest absolute Gasteiger partial charge is 0.315 e. The van der Waals surface area contributed by atoms with E-state index in [9.17, 15) is 9.59 Å². The lowest BCUT2D eigenvalue weighted by Crippen LogP contribution is -2.53. The third kappa shape index (κ3) is 8.12. The van der Waals surface area contributed by atoms with Crippen molar-refractivity contribution in [3.05, 3.63) is 29.8 Å². The SMILES string of the molecule is COCCOCCC(SC1NC(=O)NCC1C)C(=O)NCc1ccc(OC)cc1. The Morgan fingerprint density at radius 2 is 2.00 bits per heavy atom. The van der Waals surface area contributed by atoms with Crippen LogP contribution in [-0.4, -0.2) is 63.1 Å². The van der Waals surface area contributed by atoms with E-state index in [0.29, 0.717) is 39.3 Å². The Balaban J connectivity index is 1.92. The van der Waals surface area contributed by atoms with Crippen molar-refractivity contribution < 1.29 is 23.8 Å². The summed E-state index contributed by atoms with van der Waals surface area (Å²) in [6.45, 7) is 4.52. The van der Waals surface area contributed by atoms with Crippen LogP contribution in [0.15, 0.2) is 24.3 Å². The second-order valence-electron chi connectivity index (χ2n) is 6.84. The first kappa shape index (κ1) is 23.3. The van der Waals surface area contributed by atoms with Gasteiger partial charge < -0.3 is 30.2 Å². The van der Waals surface area contributed by atoms with Gasteiger partial charge in [-0.25, -0.2) is 4.79 Å². The van der Waals surface area contributed by atoms with Gasteiger partial charge in [-0.15, -0.1) is 11.8 Å². The molecule has 1 aromatic rings. The van der Waals surface area contributed by atoms with Crippen molar-refractivity contribution in [2.75, 3.05) is 40.6 Å². The largest absolute Gasteiger partial charge is 0.497 e. The van der Waals surface area contributed by atoms with E-state index in [-0.39, 0.29) is 28.5 Å². The zero-order valence-corrected chi connectivity index (χ0v) is 18.1. The molecule has 0 aromatic heterocycles. The topological polar surface area (TPSA) is 97.9 Å². The number of urea groups is 1. The second-order valence-corrected chi connectivity index (χ2v) is 8.19. The van der Waals surface area contributed by atoms with Crippen LogP contribution in [0.5, 0.6) is 5.75 Å². The number of methoxy groups -OCH3 is 2. The lowest BCUT2D eigenvalue weighted by Gasteiger charge is -2.32. The summed E-state index contributed by atoms with van der Waals surface area (Å²) < 4.78 is 15.7. The highest BCUT2D eigenvalue weighted by molar-refractivity contribution is 8.01. The number of hydrogen-bond acceptors (Lipinski definition) is 6. The van der Waals surface area contributed by atoms with Crippen molar-refractivity contribution in [3.63, 3.8) is 0 Å². The van der Waals surface area contributed by atoms with E-state index in [4.69, 9.17) is 14.2 Å². The van der Waals surface area contributed by atoms with Crippen LogP contribution >= 0.6 is 11.8 Å². The second kappa shape index (κ2) is 12.6. The molecule has 0 saturated carbocycles. The molecular weight excluding hydrogens is 394 g/mol. The Labute approximate surface area is 176 Å². The Morgan fingerprint density at radius 3 is 2.69 bits per heavy atom. The maximum absolute atomic E-state index is 12.9. The van der Waals surface area contributed by atoms with E-state index in [1.54, 1.807) is 14.2 Å². The Morgan fingerprint density at radius 1 is 1.24 bits per heavy atom. The quantitative estimate of drug-likeness (QED) is 0.442. The van der Waals surface area contributed by atoms with Gasteiger partial charge in [0.15, 0.2) is 0 Å². The van der Waals surface area contributed by atoms with E-state index < -0.39 is 0 Å². The Kier molecular flexibility index (Phi) is 10.1. The van der Waals surface area contributed by atoms with Gasteiger partial charge >= 0.3 is 6.03 Å². The summed E-state index contributed by atoms with van der Waals surface area (Å²) >= 11 is 1.48. The van der Waals surface area contributed by atoms with E-state index >= 15 is 0 Å². The average molecular weight is 426 g/mol. The average Bonchev–Trinajstić information content (AvgIpc) is 2.73. The molecule has 3 N–H and O–H groups in total. The van der Waals surface area contributed by atoms with E-state index in [1.807, 2.05) is 31.2 Å². The molecule has 8 nitrogen and oxygen atoms in total. The van der Waals surface area contributed by atoms with Crippen molar-refractivity contribution in [3.8, 4) is 5.75 Å². The van der Waals surface area contributed by atoms with Crippen LogP contribution in [0.2, 0.25) is 0 Å². The molecule has 0 bridgehead atoms. The summed E-state index contributed by atoms with van der Waals surface area (Å²) in [5, 5.41) is 8.22. The van der Waals surface area contributed by atoms with Gasteiger partial charge in [-0.3, -0.25) is 4.79 Å². The number of hydrogen-bond donors (Lipinski definition) is 3. The summed E-state index contributed by atoms with van der Waals surface area (Å²) in [4.78, 5) is 24.5. The molecule has 3 amide bonds. The van der Waals surface area contributed by atoms with E-state index in [0.717, 1.165) is 11.3 Å². The monoisotopic (exact) mass is 425 g/mol. The first-order valence-corrected chi connectivity index (χ1v) is 10.6. The molecule has 1 aliphatic rings. The highest BCUT2D eigenvalue weighted by Crippen LogP contribution is 2.26. The fraction of sp³-hybridized carbons (Fsp3) is 0.600. The first-order valence-electron chi connectivity index (χ1n) is 9.70. The lowest BCUT2D eigenvalue weighted by atomic mass is 10.1. The van der Waals surface area contributed by atoms with E-state index in [2.05, 4.69) is 16.0 Å². The molecule has 0 spiro atoms. The number of amides is 3. The number of rotatable bonds is 12. The highest BCUT2D eigenvalue weighted by Gasteiger charge is 2.30. The van der Waals surface area contributed by atoms with Gasteiger partial charge in [-0.1, -0.05) is 19.1 Å². The van der Waals surface area contributed by atoms with Crippen LogP contribution in [0.1, 0.15) is 18.9 Å². The van der Waals surface area contributed by atoms with Gasteiger partial charge in [0.05, 0.1) is 30.9 Å². The standard InChI is InChI=1S/C20H31N3O5S/c1-14-12-22-20(25)23-19(14)29-17(8-9-28-11-10-26-2)18(24)21-13-15-4-6-16(27-3)7-5-15/h4-7,14,17,19H,8-13H2,1-3H3,(H,21,24)(H2,22,23,25). The minimum Gasteiger partial charge on any atom is -0.497 e. The molecule has 2 rings (SSSR count). The highest BCUT2D eigenvalue weighted by atomic mass is 32.2. The third-order valence-corrected chi connectivity index (χ3v) is 6.21. The summed E-state index contributed by atoms with van der Waals surface area (Å²) in [5.74, 6) is 0.919. The van der Waals surface area contributed by atoms with Crippen molar-refractivity contribution in [2.24, 2.45) is 5.92 Å². The van der Waals surface area contributed by atoms with Crippen molar-refractivity contribution in [2.45, 2.75) is 30.5 Å². The van der Waals surface area contributed by atoms with Crippen molar-refractivity contribution in [1.82, 2.24) is 16.0 Å². The summed E-state index contributed by atoms with van der Waals surface area (Å²) in [6, 6.07) is 7.37. The Hall–Kier alpha value is -1.97. The molecule has 162 valence electrons. The zero-order valence-electron chi connectivity index (χ0n) is 17.2. The Bertz CT molecular complexity index is 644. The van der Waals surface area contributed by atoms with Gasteiger partial charge in [-0.2, -0.15) is 0 Å². The van der Waals surface area contributed by atoms with Gasteiger partial charge in [0.25, 0.3) is 0 Å². The van der Waals surface area contributed by atoms with Gasteiger partial charge in [0.2, 0.25) is 5.91 Å². The summed E-state index contributed by atoms with van der Waals surface area (Å²) in [6.07, 6.45) is 0.551. The van der Waals surface area contributed by atoms with Gasteiger partial charge in [0.1, 0.15) is 5.75 Å². The number of benzene rings is 1. The third-order valence-electron chi connectivity index (χ3n) is 4.56. The van der Waals surface area contributed by atoms with Crippen LogP contribution in [0, 0.1) is 5.92 Å². The van der Waals surface area contributed by atoms with Crippen LogP contribution in [-0.2, 0) is 20.8 Å². The predicted octanol–water partition coefficient (Wildman–Crippen LogP) is 1.74. The number of nitrogens with one attached hydrogen (secondary N) is 3. The fourth-order valence-corrected chi connectivity index (χ4v) is 4.10. The van der Waals surface area contributed by atoms with Crippen LogP contribution in [0.25, 0.3) is 0 Å². The molecule has 1 aromatic carbocycles. The molecule has 1 aliphatic heterocycles. The maximum atomic E-state index is 12.9. The summed E-state index contributed by atoms with van der Waals surface area (Å²) in [7, 11) is 3.24. The van der Waals surface area contributed by atoms with Crippen LogP contribution in [0.3, 0.4) is 0 Å². The molecule has 3 unspecified atom stereocenters. The number of carbonyl (C=O) groups is 2. The van der Waals surface area contributed by atoms with Crippen molar-refractivity contribution in [1.29, 1.82) is 0 Å². The number of thioether (sulfide) groups is 1. The molecule has 0 radical (unpaired) electrons. The van der Waals surface area contributed by atoms with E-state index in [1.165, 1.54) is 11.8 Å². The predicted molar refractivity (Wildman–Crippen MR) is 113 cm³/mol. The molecule has 9 heteroatoms. The number of carbonyl (C=O) groups excluding carboxylic acids is 2. The molecule has 1 saturated heterocycles.